The Labute approximate surface area is 213 Å². The van der Waals surface area contributed by atoms with Gasteiger partial charge in [-0.2, -0.15) is 0 Å². The van der Waals surface area contributed by atoms with E-state index < -0.39 is 11.8 Å². The number of carbonyl (C=O) groups excluding carboxylic acids is 2. The van der Waals surface area contributed by atoms with Crippen molar-refractivity contribution in [3.8, 4) is 11.5 Å². The summed E-state index contributed by atoms with van der Waals surface area (Å²) in [6, 6.07) is 11.7. The molecule has 2 heterocycles. The van der Waals surface area contributed by atoms with E-state index in [2.05, 4.69) is 57.6 Å². The molecule has 0 aliphatic carbocycles. The van der Waals surface area contributed by atoms with E-state index in [1.54, 1.807) is 18.2 Å². The first-order chi connectivity index (χ1) is 17.4. The minimum absolute atomic E-state index is 0.0145. The van der Waals surface area contributed by atoms with Crippen LogP contribution in [0.25, 0.3) is 0 Å². The summed E-state index contributed by atoms with van der Waals surface area (Å²) >= 11 is 0. The summed E-state index contributed by atoms with van der Waals surface area (Å²) in [6.07, 6.45) is 2.19. The van der Waals surface area contributed by atoms with Gasteiger partial charge in [0.1, 0.15) is 11.5 Å². The fourth-order valence-corrected chi connectivity index (χ4v) is 4.96. The third-order valence-electron chi connectivity index (χ3n) is 7.13. The van der Waals surface area contributed by atoms with Gasteiger partial charge in [0.05, 0.1) is 25.9 Å². The number of carbonyl (C=O) groups is 2. The van der Waals surface area contributed by atoms with Crippen LogP contribution in [-0.2, 0) is 16.0 Å². The Morgan fingerprint density at radius 3 is 2.44 bits per heavy atom. The monoisotopic (exact) mass is 495 g/mol. The van der Waals surface area contributed by atoms with Crippen LogP contribution in [0.1, 0.15) is 23.6 Å². The van der Waals surface area contributed by atoms with Gasteiger partial charge in [0, 0.05) is 58.1 Å². The molecule has 0 bridgehead atoms. The Bertz CT molecular complexity index is 1080. The summed E-state index contributed by atoms with van der Waals surface area (Å²) in [5.41, 5.74) is 4.17. The van der Waals surface area contributed by atoms with E-state index in [0.29, 0.717) is 23.7 Å². The molecule has 194 valence electrons. The molecule has 0 aromatic heterocycles. The average Bonchev–Trinajstić information content (AvgIpc) is 2.89. The molecule has 2 N–H and O–H groups in total. The predicted molar refractivity (Wildman–Crippen MR) is 141 cm³/mol. The normalized spacial score (nSPS) is 17.2. The second kappa shape index (κ2) is 11.6. The number of anilines is 2. The van der Waals surface area contributed by atoms with Gasteiger partial charge in [-0.05, 0) is 49.2 Å². The summed E-state index contributed by atoms with van der Waals surface area (Å²) in [5, 5.41) is 5.52. The second-order valence-electron chi connectivity index (χ2n) is 9.50. The number of amides is 2. The van der Waals surface area contributed by atoms with E-state index in [1.165, 1.54) is 31.0 Å². The lowest BCUT2D eigenvalue weighted by molar-refractivity contribution is -0.136. The predicted octanol–water partition coefficient (Wildman–Crippen LogP) is 2.13. The Kier molecular flexibility index (Phi) is 8.32. The number of nitrogens with one attached hydrogen (secondary N) is 2. The van der Waals surface area contributed by atoms with E-state index in [-0.39, 0.29) is 6.04 Å². The van der Waals surface area contributed by atoms with Crippen LogP contribution < -0.4 is 25.0 Å². The van der Waals surface area contributed by atoms with Gasteiger partial charge in [0.2, 0.25) is 0 Å². The van der Waals surface area contributed by atoms with E-state index in [9.17, 15) is 9.59 Å². The molecule has 9 nitrogen and oxygen atoms in total. The van der Waals surface area contributed by atoms with Crippen molar-refractivity contribution >= 4 is 23.2 Å². The molecule has 0 spiro atoms. The maximum Gasteiger partial charge on any atom is 0.313 e. The van der Waals surface area contributed by atoms with Gasteiger partial charge in [-0.25, -0.2) is 0 Å². The zero-order chi connectivity index (χ0) is 25.7. The highest BCUT2D eigenvalue weighted by Crippen LogP contribution is 2.31. The maximum absolute atomic E-state index is 12.8. The number of hydrogen-bond donors (Lipinski definition) is 2. The van der Waals surface area contributed by atoms with Crippen molar-refractivity contribution in [1.29, 1.82) is 0 Å². The van der Waals surface area contributed by atoms with Crippen molar-refractivity contribution in [3.63, 3.8) is 0 Å². The van der Waals surface area contributed by atoms with Crippen LogP contribution in [-0.4, -0.2) is 89.2 Å². The van der Waals surface area contributed by atoms with Crippen molar-refractivity contribution in [2.45, 2.75) is 18.9 Å². The Hall–Kier alpha value is -3.30. The zero-order valence-electron chi connectivity index (χ0n) is 21.7. The third-order valence-corrected chi connectivity index (χ3v) is 7.13. The minimum atomic E-state index is -0.745. The van der Waals surface area contributed by atoms with E-state index >= 15 is 0 Å². The topological polar surface area (TPSA) is 86.4 Å². The number of piperazine rings is 1. The number of likely N-dealkylation sites (N-methyl/N-ethyl adjacent to an activating group) is 1. The summed E-state index contributed by atoms with van der Waals surface area (Å²) < 4.78 is 10.5. The Balaban J connectivity index is 1.48. The smallest absolute Gasteiger partial charge is 0.313 e. The molecule has 1 atom stereocenters. The molecule has 0 unspecified atom stereocenters. The van der Waals surface area contributed by atoms with Crippen LogP contribution in [0.15, 0.2) is 36.4 Å². The van der Waals surface area contributed by atoms with Gasteiger partial charge in [0.25, 0.3) is 0 Å². The molecule has 2 aromatic rings. The zero-order valence-corrected chi connectivity index (χ0v) is 21.7. The number of hydrogen-bond acceptors (Lipinski definition) is 7. The van der Waals surface area contributed by atoms with Crippen molar-refractivity contribution in [3.05, 3.63) is 47.5 Å². The van der Waals surface area contributed by atoms with Crippen LogP contribution in [0.5, 0.6) is 11.5 Å². The number of fused-ring (bicyclic) bond motifs is 1. The van der Waals surface area contributed by atoms with Crippen LogP contribution in [0.2, 0.25) is 0 Å². The van der Waals surface area contributed by atoms with E-state index in [1.807, 2.05) is 0 Å². The molecule has 0 radical (unpaired) electrons. The standard InChI is InChI=1S/C27H37N5O4/c1-30-12-14-32(15-13-30)24(20-7-9-23-19(16-20)6-5-11-31(23)2)18-28-26(33)27(34)29-22-17-21(35-3)8-10-25(22)36-4/h7-10,16-17,24H,5-6,11-15,18H2,1-4H3,(H,28,33)(H,29,34)/t24-/m1/s1. The largest absolute Gasteiger partial charge is 0.497 e. The van der Waals surface area contributed by atoms with Crippen LogP contribution in [0, 0.1) is 0 Å². The first-order valence-electron chi connectivity index (χ1n) is 12.5. The molecule has 2 amide bonds. The SMILES string of the molecule is COc1ccc(OC)c(NC(=O)C(=O)NC[C@H](c2ccc3c(c2)CCCN3C)N2CCN(C)CC2)c1. The van der Waals surface area contributed by atoms with Gasteiger partial charge in [-0.15, -0.1) is 0 Å². The van der Waals surface area contributed by atoms with Crippen LogP contribution in [0.3, 0.4) is 0 Å². The molecule has 1 saturated heterocycles. The number of methoxy groups -OCH3 is 2. The minimum Gasteiger partial charge on any atom is -0.497 e. The Morgan fingerprint density at radius 1 is 0.944 bits per heavy atom. The van der Waals surface area contributed by atoms with Crippen molar-refractivity contribution in [2.75, 3.05) is 77.8 Å². The number of nitrogens with zero attached hydrogens (tertiary/aromatic N) is 3. The molecule has 36 heavy (non-hydrogen) atoms. The maximum atomic E-state index is 12.8. The molecule has 2 aliphatic rings. The Morgan fingerprint density at radius 2 is 1.72 bits per heavy atom. The second-order valence-corrected chi connectivity index (χ2v) is 9.50. The quantitative estimate of drug-likeness (QED) is 0.569. The van der Waals surface area contributed by atoms with Gasteiger partial charge in [-0.3, -0.25) is 14.5 Å². The molecule has 1 fully saturated rings. The summed E-state index contributed by atoms with van der Waals surface area (Å²) in [5.74, 6) is -0.423. The first kappa shape index (κ1) is 25.8. The van der Waals surface area contributed by atoms with Crippen LogP contribution in [0.4, 0.5) is 11.4 Å². The number of benzene rings is 2. The molecular formula is C27H37N5O4. The lowest BCUT2D eigenvalue weighted by Gasteiger charge is -2.39. The molecule has 0 saturated carbocycles. The molecular weight excluding hydrogens is 458 g/mol. The average molecular weight is 496 g/mol. The van der Waals surface area contributed by atoms with Gasteiger partial charge < -0.3 is 29.9 Å². The van der Waals surface area contributed by atoms with E-state index in [4.69, 9.17) is 9.47 Å². The van der Waals surface area contributed by atoms with Gasteiger partial charge in [0.15, 0.2) is 0 Å². The number of aryl methyl sites for hydroxylation is 1. The summed E-state index contributed by atoms with van der Waals surface area (Å²) in [6.45, 7) is 5.16. The highest BCUT2D eigenvalue weighted by molar-refractivity contribution is 6.39. The van der Waals surface area contributed by atoms with Gasteiger partial charge in [-0.1, -0.05) is 12.1 Å². The highest BCUT2D eigenvalue weighted by Gasteiger charge is 2.27. The molecule has 2 aliphatic heterocycles. The highest BCUT2D eigenvalue weighted by atomic mass is 16.5. The molecule has 9 heteroatoms. The van der Waals surface area contributed by atoms with Crippen molar-refractivity contribution in [1.82, 2.24) is 15.1 Å². The molecule has 4 rings (SSSR count). The number of ether oxygens (including phenoxy) is 2. The fraction of sp³-hybridized carbons (Fsp3) is 0.481. The fourth-order valence-electron chi connectivity index (χ4n) is 4.96. The third kappa shape index (κ3) is 5.91. The summed E-state index contributed by atoms with van der Waals surface area (Å²) in [7, 11) is 7.30. The first-order valence-corrected chi connectivity index (χ1v) is 12.5. The summed E-state index contributed by atoms with van der Waals surface area (Å²) in [4.78, 5) is 32.6. The lowest BCUT2D eigenvalue weighted by Crippen LogP contribution is -2.49. The lowest BCUT2D eigenvalue weighted by atomic mass is 9.95. The van der Waals surface area contributed by atoms with E-state index in [0.717, 1.165) is 45.6 Å². The van der Waals surface area contributed by atoms with Crippen molar-refractivity contribution in [2.24, 2.45) is 0 Å². The van der Waals surface area contributed by atoms with Crippen LogP contribution >= 0.6 is 0 Å². The molecule has 2 aromatic carbocycles. The van der Waals surface area contributed by atoms with Gasteiger partial charge >= 0.3 is 11.8 Å². The van der Waals surface area contributed by atoms with Crippen molar-refractivity contribution < 1.29 is 19.1 Å². The number of rotatable bonds is 7.